The van der Waals surface area contributed by atoms with Crippen molar-refractivity contribution in [3.63, 3.8) is 0 Å². The molecule has 1 fully saturated rings. The number of fused-ring (bicyclic) bond motifs is 1. The van der Waals surface area contributed by atoms with Crippen molar-refractivity contribution in [1.82, 2.24) is 9.80 Å². The number of benzene rings is 1. The highest BCUT2D eigenvalue weighted by atomic mass is 35.5. The van der Waals surface area contributed by atoms with Gasteiger partial charge in [-0.1, -0.05) is 23.2 Å². The van der Waals surface area contributed by atoms with E-state index in [1.165, 1.54) is 37.1 Å². The SMILES string of the molecule is O=CN(CCN1CCCC1)C1CCc2cc(Cl)c(Cl)cc2C1. The molecule has 0 N–H and O–H groups in total. The Kier molecular flexibility index (Phi) is 5.27. The molecule has 0 aromatic heterocycles. The van der Waals surface area contributed by atoms with Gasteiger partial charge >= 0.3 is 0 Å². The molecule has 3 nitrogen and oxygen atoms in total. The van der Waals surface area contributed by atoms with E-state index in [2.05, 4.69) is 4.90 Å². The Labute approximate surface area is 142 Å². The Hall–Kier alpha value is -0.770. The summed E-state index contributed by atoms with van der Waals surface area (Å²) in [6, 6.07) is 4.23. The van der Waals surface area contributed by atoms with Gasteiger partial charge in [0.25, 0.3) is 0 Å². The van der Waals surface area contributed by atoms with Crippen LogP contribution in [0.25, 0.3) is 0 Å². The van der Waals surface area contributed by atoms with Gasteiger partial charge in [-0.2, -0.15) is 0 Å². The fourth-order valence-corrected chi connectivity index (χ4v) is 3.97. The number of carbonyl (C=O) groups excluding carboxylic acids is 1. The minimum atomic E-state index is 0.282. The lowest BCUT2D eigenvalue weighted by Crippen LogP contribution is -2.42. The Morgan fingerprint density at radius 1 is 1.18 bits per heavy atom. The summed E-state index contributed by atoms with van der Waals surface area (Å²) in [7, 11) is 0. The predicted octanol–water partition coefficient (Wildman–Crippen LogP) is 3.40. The van der Waals surface area contributed by atoms with Gasteiger partial charge in [0.1, 0.15) is 0 Å². The van der Waals surface area contributed by atoms with Crippen molar-refractivity contribution in [3.05, 3.63) is 33.3 Å². The third kappa shape index (κ3) is 3.58. The fourth-order valence-electron chi connectivity index (χ4n) is 3.60. The summed E-state index contributed by atoms with van der Waals surface area (Å²) in [5, 5.41) is 1.23. The lowest BCUT2D eigenvalue weighted by atomic mass is 9.87. The second kappa shape index (κ2) is 7.20. The molecule has 1 aliphatic carbocycles. The Bertz CT molecular complexity index is 544. The number of amides is 1. The highest BCUT2D eigenvalue weighted by Gasteiger charge is 2.25. The lowest BCUT2D eigenvalue weighted by Gasteiger charge is -2.33. The molecular formula is C17H22Cl2N2O. The van der Waals surface area contributed by atoms with E-state index < -0.39 is 0 Å². The number of hydrogen-bond donors (Lipinski definition) is 0. The first-order valence-electron chi connectivity index (χ1n) is 8.07. The molecule has 1 saturated heterocycles. The van der Waals surface area contributed by atoms with Gasteiger partial charge in [0, 0.05) is 19.1 Å². The lowest BCUT2D eigenvalue weighted by molar-refractivity contribution is -0.120. The van der Waals surface area contributed by atoms with Gasteiger partial charge in [0.2, 0.25) is 6.41 Å². The molecule has 0 bridgehead atoms. The molecular weight excluding hydrogens is 319 g/mol. The molecule has 2 aliphatic rings. The first-order chi connectivity index (χ1) is 10.7. The maximum Gasteiger partial charge on any atom is 0.210 e. The Morgan fingerprint density at radius 3 is 2.55 bits per heavy atom. The van der Waals surface area contributed by atoms with Crippen molar-refractivity contribution in [1.29, 1.82) is 0 Å². The maximum absolute atomic E-state index is 11.5. The summed E-state index contributed by atoms with van der Waals surface area (Å²) in [5.74, 6) is 0. The zero-order chi connectivity index (χ0) is 15.5. The minimum absolute atomic E-state index is 0.282. The number of aryl methyl sites for hydroxylation is 1. The standard InChI is InChI=1S/C17H22Cl2N2O/c18-16-10-13-3-4-15(9-14(13)11-17(16)19)21(12-22)8-7-20-5-1-2-6-20/h10-12,15H,1-9H2. The van der Waals surface area contributed by atoms with E-state index in [4.69, 9.17) is 23.2 Å². The second-order valence-corrected chi connectivity index (χ2v) is 7.14. The van der Waals surface area contributed by atoms with Crippen LogP contribution >= 0.6 is 23.2 Å². The van der Waals surface area contributed by atoms with Crippen molar-refractivity contribution in [2.45, 2.75) is 38.1 Å². The molecule has 0 spiro atoms. The third-order valence-corrected chi connectivity index (χ3v) is 5.64. The quantitative estimate of drug-likeness (QED) is 0.767. The van der Waals surface area contributed by atoms with Crippen LogP contribution in [0.1, 0.15) is 30.4 Å². The van der Waals surface area contributed by atoms with Gasteiger partial charge in [0.05, 0.1) is 10.0 Å². The number of halogens is 2. The molecule has 120 valence electrons. The monoisotopic (exact) mass is 340 g/mol. The van der Waals surface area contributed by atoms with Gasteiger partial charge in [0.15, 0.2) is 0 Å². The molecule has 22 heavy (non-hydrogen) atoms. The first kappa shape index (κ1) is 16.1. The normalized spacial score (nSPS) is 21.6. The van der Waals surface area contributed by atoms with Gasteiger partial charge in [-0.3, -0.25) is 4.79 Å². The number of rotatable bonds is 5. The van der Waals surface area contributed by atoms with Crippen LogP contribution in [0.5, 0.6) is 0 Å². The van der Waals surface area contributed by atoms with Crippen molar-refractivity contribution in [3.8, 4) is 0 Å². The van der Waals surface area contributed by atoms with E-state index >= 15 is 0 Å². The zero-order valence-corrected chi connectivity index (χ0v) is 14.2. The summed E-state index contributed by atoms with van der Waals surface area (Å²) in [6.07, 6.45) is 6.44. The fraction of sp³-hybridized carbons (Fsp3) is 0.588. The smallest absolute Gasteiger partial charge is 0.210 e. The molecule has 1 aromatic rings. The summed E-state index contributed by atoms with van der Waals surface area (Å²) in [5.41, 5.74) is 2.51. The molecule has 5 heteroatoms. The van der Waals surface area contributed by atoms with Crippen molar-refractivity contribution in [2.24, 2.45) is 0 Å². The summed E-state index contributed by atoms with van der Waals surface area (Å²) in [6.45, 7) is 4.16. The van der Waals surface area contributed by atoms with Crippen LogP contribution < -0.4 is 0 Å². The highest BCUT2D eigenvalue weighted by molar-refractivity contribution is 6.42. The third-order valence-electron chi connectivity index (χ3n) is 4.92. The van der Waals surface area contributed by atoms with Crippen LogP contribution in [0.4, 0.5) is 0 Å². The second-order valence-electron chi connectivity index (χ2n) is 6.32. The van der Waals surface area contributed by atoms with E-state index in [-0.39, 0.29) is 6.04 Å². The average molecular weight is 341 g/mol. The van der Waals surface area contributed by atoms with Crippen LogP contribution in [0, 0.1) is 0 Å². The molecule has 0 radical (unpaired) electrons. The number of carbonyl (C=O) groups is 1. The summed E-state index contributed by atoms with van der Waals surface area (Å²) >= 11 is 12.2. The van der Waals surface area contributed by atoms with Crippen molar-refractivity contribution in [2.75, 3.05) is 26.2 Å². The Morgan fingerprint density at radius 2 is 1.86 bits per heavy atom. The topological polar surface area (TPSA) is 23.6 Å². The predicted molar refractivity (Wildman–Crippen MR) is 90.7 cm³/mol. The van der Waals surface area contributed by atoms with Crippen LogP contribution in [-0.4, -0.2) is 48.4 Å². The van der Waals surface area contributed by atoms with E-state index in [1.807, 2.05) is 17.0 Å². The number of likely N-dealkylation sites (tertiary alicyclic amines) is 1. The summed E-state index contributed by atoms with van der Waals surface area (Å²) in [4.78, 5) is 15.9. The highest BCUT2D eigenvalue weighted by Crippen LogP contribution is 2.31. The van der Waals surface area contributed by atoms with E-state index in [0.717, 1.165) is 38.8 Å². The zero-order valence-electron chi connectivity index (χ0n) is 12.7. The maximum atomic E-state index is 11.5. The van der Waals surface area contributed by atoms with E-state index in [0.29, 0.717) is 10.0 Å². The molecule has 1 aliphatic heterocycles. The molecule has 1 unspecified atom stereocenters. The number of nitrogens with zero attached hydrogens (tertiary/aromatic N) is 2. The van der Waals surface area contributed by atoms with Gasteiger partial charge < -0.3 is 9.80 Å². The van der Waals surface area contributed by atoms with Crippen molar-refractivity contribution < 1.29 is 4.79 Å². The molecule has 1 heterocycles. The van der Waals surface area contributed by atoms with Gasteiger partial charge in [-0.15, -0.1) is 0 Å². The summed E-state index contributed by atoms with van der Waals surface area (Å²) < 4.78 is 0. The van der Waals surface area contributed by atoms with Crippen LogP contribution in [0.3, 0.4) is 0 Å². The molecule has 3 rings (SSSR count). The van der Waals surface area contributed by atoms with Crippen LogP contribution in [-0.2, 0) is 17.6 Å². The van der Waals surface area contributed by atoms with E-state index in [1.54, 1.807) is 0 Å². The number of hydrogen-bond acceptors (Lipinski definition) is 2. The van der Waals surface area contributed by atoms with Crippen LogP contribution in [0.2, 0.25) is 10.0 Å². The average Bonchev–Trinajstić information content (AvgIpc) is 3.02. The minimum Gasteiger partial charge on any atom is -0.341 e. The largest absolute Gasteiger partial charge is 0.341 e. The molecule has 1 amide bonds. The van der Waals surface area contributed by atoms with Gasteiger partial charge in [-0.05, 0) is 68.5 Å². The van der Waals surface area contributed by atoms with Gasteiger partial charge in [-0.25, -0.2) is 0 Å². The van der Waals surface area contributed by atoms with E-state index in [9.17, 15) is 4.79 Å². The first-order valence-corrected chi connectivity index (χ1v) is 8.83. The molecule has 1 aromatic carbocycles. The van der Waals surface area contributed by atoms with Crippen molar-refractivity contribution >= 4 is 29.6 Å². The van der Waals surface area contributed by atoms with Crippen LogP contribution in [0.15, 0.2) is 12.1 Å². The molecule has 0 saturated carbocycles. The Balaban J connectivity index is 1.63. The molecule has 1 atom stereocenters.